The molecule has 2 bridgehead atoms. The third-order valence-electron chi connectivity index (χ3n) is 10.2. The standard InChI is InChI=1S/C40H50O14/c1-25(15-12-20-28-16-6-4-7-17-28)14-10-11-22-31(42)52-33-32(43)38(53-34(35(44)45)39(50,36(46)47)40(33,54-38)37(48)49)23-13-21-30(51-27(3)41)26(2)24-29-18-8-5-9-19-29/h4-10,14,16-19,25-26,30,32-34,43,50H,11-13,15,20-24H2,1-3H3,(H,44,45)(H,46,47)(H,48,49)/b14-10+/t25?,26?,30?,32-,33-,34-,38+,39-,40+/m0/s1. The molecule has 2 heterocycles. The van der Waals surface area contributed by atoms with E-state index in [-0.39, 0.29) is 37.5 Å². The summed E-state index contributed by atoms with van der Waals surface area (Å²) in [5.41, 5.74) is -5.16. The molecule has 54 heavy (non-hydrogen) atoms. The lowest BCUT2D eigenvalue weighted by molar-refractivity contribution is -0.374. The first kappa shape index (κ1) is 42.1. The molecule has 2 aromatic rings. The van der Waals surface area contributed by atoms with Crippen LogP contribution >= 0.6 is 0 Å². The van der Waals surface area contributed by atoms with E-state index in [9.17, 15) is 49.5 Å². The SMILES string of the molecule is CC(=O)OC(CCC[C@@]12O[C@@H](C(=O)O)[C@](O)(C(=O)O)[C@@](C(=O)O)(O1)[C@@H](OC(=O)CC/C=C/C(C)CCCc1ccccc1)[C@@H]2O)C(C)Cc1ccccc1. The average Bonchev–Trinajstić information content (AvgIpc) is 3.33. The summed E-state index contributed by atoms with van der Waals surface area (Å²) in [5.74, 6) is -10.8. The van der Waals surface area contributed by atoms with Crippen LogP contribution in [0.5, 0.6) is 0 Å². The lowest BCUT2D eigenvalue weighted by atomic mass is 9.74. The van der Waals surface area contributed by atoms with E-state index in [0.29, 0.717) is 6.42 Å². The molecule has 2 fully saturated rings. The summed E-state index contributed by atoms with van der Waals surface area (Å²) in [7, 11) is 0. The quantitative estimate of drug-likeness (QED) is 0.0950. The smallest absolute Gasteiger partial charge is 0.344 e. The minimum atomic E-state index is -3.86. The summed E-state index contributed by atoms with van der Waals surface area (Å²) in [4.78, 5) is 63.2. The van der Waals surface area contributed by atoms with E-state index in [1.54, 1.807) is 6.08 Å². The molecule has 3 unspecified atom stereocenters. The van der Waals surface area contributed by atoms with Gasteiger partial charge in [-0.2, -0.15) is 0 Å². The number of carboxylic acid groups (broad SMARTS) is 3. The number of fused-ring (bicyclic) bond motifs is 2. The lowest BCUT2D eigenvalue weighted by Gasteiger charge is -2.48. The fraction of sp³-hybridized carbons (Fsp3) is 0.525. The molecule has 9 atom stereocenters. The van der Waals surface area contributed by atoms with Gasteiger partial charge in [-0.25, -0.2) is 14.4 Å². The molecule has 14 nitrogen and oxygen atoms in total. The fourth-order valence-electron chi connectivity index (χ4n) is 7.38. The van der Waals surface area contributed by atoms with Gasteiger partial charge in [0.15, 0.2) is 6.10 Å². The third-order valence-corrected chi connectivity index (χ3v) is 10.2. The lowest BCUT2D eigenvalue weighted by Crippen LogP contribution is -2.78. The fourth-order valence-corrected chi connectivity index (χ4v) is 7.38. The first-order valence-corrected chi connectivity index (χ1v) is 18.2. The van der Waals surface area contributed by atoms with E-state index in [4.69, 9.17) is 18.9 Å². The van der Waals surface area contributed by atoms with E-state index < -0.39 is 77.7 Å². The molecule has 294 valence electrons. The van der Waals surface area contributed by atoms with Crippen molar-refractivity contribution < 1.29 is 68.5 Å². The van der Waals surface area contributed by atoms with Gasteiger partial charge in [-0.15, -0.1) is 0 Å². The monoisotopic (exact) mass is 754 g/mol. The molecule has 0 spiro atoms. The van der Waals surface area contributed by atoms with Crippen LogP contribution in [0.15, 0.2) is 72.8 Å². The number of hydrogen-bond donors (Lipinski definition) is 5. The minimum Gasteiger partial charge on any atom is -0.479 e. The molecule has 5 N–H and O–H groups in total. The molecule has 0 amide bonds. The zero-order valence-corrected chi connectivity index (χ0v) is 30.7. The van der Waals surface area contributed by atoms with Crippen molar-refractivity contribution in [1.29, 1.82) is 0 Å². The Bertz CT molecular complexity index is 1650. The molecule has 2 saturated heterocycles. The molecule has 0 radical (unpaired) electrons. The molecule has 2 aliphatic heterocycles. The van der Waals surface area contributed by atoms with Crippen LogP contribution < -0.4 is 0 Å². The van der Waals surface area contributed by atoms with Crippen LogP contribution in [-0.4, -0.2) is 96.8 Å². The zero-order valence-electron chi connectivity index (χ0n) is 30.7. The van der Waals surface area contributed by atoms with Crippen LogP contribution in [0.25, 0.3) is 0 Å². The van der Waals surface area contributed by atoms with E-state index in [1.165, 1.54) is 12.5 Å². The Kier molecular flexibility index (Phi) is 14.1. The van der Waals surface area contributed by atoms with Crippen molar-refractivity contribution >= 4 is 29.8 Å². The highest BCUT2D eigenvalue weighted by atomic mass is 16.8. The van der Waals surface area contributed by atoms with E-state index in [2.05, 4.69) is 12.1 Å². The Morgan fingerprint density at radius 3 is 2.09 bits per heavy atom. The van der Waals surface area contributed by atoms with Gasteiger partial charge < -0.3 is 44.5 Å². The number of rotatable bonds is 20. The topological polar surface area (TPSA) is 223 Å². The van der Waals surface area contributed by atoms with Gasteiger partial charge in [0.1, 0.15) is 12.2 Å². The van der Waals surface area contributed by atoms with Crippen molar-refractivity contribution in [2.75, 3.05) is 0 Å². The molecule has 0 aliphatic carbocycles. The second-order valence-electron chi connectivity index (χ2n) is 14.2. The van der Waals surface area contributed by atoms with E-state index >= 15 is 0 Å². The number of aliphatic hydroxyl groups excluding tert-OH is 1. The van der Waals surface area contributed by atoms with Gasteiger partial charge in [0.2, 0.25) is 23.1 Å². The van der Waals surface area contributed by atoms with Crippen molar-refractivity contribution in [2.45, 2.75) is 120 Å². The number of aryl methyl sites for hydroxylation is 1. The minimum absolute atomic E-state index is 0.0311. The van der Waals surface area contributed by atoms with Crippen molar-refractivity contribution in [3.05, 3.63) is 83.9 Å². The van der Waals surface area contributed by atoms with Gasteiger partial charge >= 0.3 is 29.8 Å². The van der Waals surface area contributed by atoms with Gasteiger partial charge in [0, 0.05) is 19.8 Å². The first-order valence-electron chi connectivity index (χ1n) is 18.2. The summed E-state index contributed by atoms with van der Waals surface area (Å²) < 4.78 is 22.2. The van der Waals surface area contributed by atoms with E-state index in [1.807, 2.05) is 68.5 Å². The third kappa shape index (κ3) is 9.17. The van der Waals surface area contributed by atoms with Crippen LogP contribution in [0.1, 0.15) is 76.8 Å². The second kappa shape index (κ2) is 18.1. The number of aliphatic carboxylic acids is 3. The normalized spacial score (nSPS) is 27.8. The van der Waals surface area contributed by atoms with Gasteiger partial charge in [-0.1, -0.05) is 86.7 Å². The number of hydrogen-bond acceptors (Lipinski definition) is 11. The maximum atomic E-state index is 13.2. The Balaban J connectivity index is 1.51. The number of aliphatic hydroxyl groups is 2. The van der Waals surface area contributed by atoms with Crippen LogP contribution in [-0.2, 0) is 55.8 Å². The zero-order chi connectivity index (χ0) is 39.7. The number of carbonyl (C=O) groups excluding carboxylic acids is 2. The summed E-state index contributed by atoms with van der Waals surface area (Å²) in [6.45, 7) is 5.12. The summed E-state index contributed by atoms with van der Waals surface area (Å²) in [6, 6.07) is 19.4. The Labute approximate surface area is 313 Å². The van der Waals surface area contributed by atoms with Gasteiger partial charge in [-0.05, 0) is 67.9 Å². The highest BCUT2D eigenvalue weighted by molar-refractivity contribution is 5.98. The second-order valence-corrected chi connectivity index (χ2v) is 14.2. The molecule has 0 aromatic heterocycles. The molecule has 4 rings (SSSR count). The number of carbonyl (C=O) groups is 5. The van der Waals surface area contributed by atoms with Gasteiger partial charge in [-0.3, -0.25) is 9.59 Å². The van der Waals surface area contributed by atoms with Gasteiger partial charge in [0.05, 0.1) is 0 Å². The summed E-state index contributed by atoms with van der Waals surface area (Å²) in [5, 5.41) is 53.7. The predicted octanol–water partition coefficient (Wildman–Crippen LogP) is 4.08. The molecule has 0 saturated carbocycles. The van der Waals surface area contributed by atoms with E-state index in [0.717, 1.165) is 24.8 Å². The number of esters is 2. The summed E-state index contributed by atoms with van der Waals surface area (Å²) in [6.07, 6.45) is -1.75. The molecular formula is C40H50O14. The van der Waals surface area contributed by atoms with Crippen LogP contribution in [0, 0.1) is 11.8 Å². The number of allylic oxidation sites excluding steroid dienone is 2. The Morgan fingerprint density at radius 1 is 0.889 bits per heavy atom. The maximum absolute atomic E-state index is 13.2. The van der Waals surface area contributed by atoms with Crippen molar-refractivity contribution in [1.82, 2.24) is 0 Å². The van der Waals surface area contributed by atoms with Crippen molar-refractivity contribution in [2.24, 2.45) is 11.8 Å². The maximum Gasteiger partial charge on any atom is 0.344 e. The van der Waals surface area contributed by atoms with Crippen LogP contribution in [0.2, 0.25) is 0 Å². The molecule has 2 aromatic carbocycles. The highest BCUT2D eigenvalue weighted by Gasteiger charge is 2.85. The van der Waals surface area contributed by atoms with Crippen LogP contribution in [0.3, 0.4) is 0 Å². The highest BCUT2D eigenvalue weighted by Crippen LogP contribution is 2.55. The average molecular weight is 755 g/mol. The first-order chi connectivity index (χ1) is 25.6. The van der Waals surface area contributed by atoms with Crippen molar-refractivity contribution in [3.63, 3.8) is 0 Å². The number of benzene rings is 2. The van der Waals surface area contributed by atoms with Crippen molar-refractivity contribution in [3.8, 4) is 0 Å². The molecular weight excluding hydrogens is 704 g/mol. The van der Waals surface area contributed by atoms with Gasteiger partial charge in [0.25, 0.3) is 0 Å². The Morgan fingerprint density at radius 2 is 1.52 bits per heavy atom. The molecule has 2 aliphatic rings. The largest absolute Gasteiger partial charge is 0.479 e. The number of carboxylic acids is 3. The van der Waals surface area contributed by atoms with Crippen LogP contribution in [0.4, 0.5) is 0 Å². The predicted molar refractivity (Wildman–Crippen MR) is 191 cm³/mol. The number of ether oxygens (including phenoxy) is 4. The Hall–Kier alpha value is -4.63. The summed E-state index contributed by atoms with van der Waals surface area (Å²) >= 11 is 0. The molecule has 14 heteroatoms.